The van der Waals surface area contributed by atoms with Gasteiger partial charge in [-0.1, -0.05) is 190 Å². The van der Waals surface area contributed by atoms with Gasteiger partial charge in [-0.25, -0.2) is 4.57 Å². The van der Waals surface area contributed by atoms with Crippen LogP contribution in [0, 0.1) is 0 Å². The smallest absolute Gasteiger partial charge is 0.462 e. The van der Waals surface area contributed by atoms with Crippen LogP contribution < -0.4 is 5.73 Å². The molecule has 0 aliphatic heterocycles. The number of nitrogens with two attached hydrogens (primary N) is 1. The molecule has 0 aromatic heterocycles. The van der Waals surface area contributed by atoms with Crippen molar-refractivity contribution in [1.29, 1.82) is 0 Å². The third-order valence-electron chi connectivity index (χ3n) is 9.42. The number of allylic oxidation sites excluding steroid dienone is 10. The molecule has 330 valence electrons. The van der Waals surface area contributed by atoms with E-state index in [1.807, 2.05) is 12.2 Å². The molecule has 1 unspecified atom stereocenters. The summed E-state index contributed by atoms with van der Waals surface area (Å²) < 4.78 is 32.7. The topological polar surface area (TPSA) is 134 Å². The van der Waals surface area contributed by atoms with Crippen molar-refractivity contribution in [3.8, 4) is 0 Å². The Morgan fingerprint density at radius 2 is 0.947 bits per heavy atom. The summed E-state index contributed by atoms with van der Waals surface area (Å²) in [4.78, 5) is 34.9. The van der Waals surface area contributed by atoms with Crippen molar-refractivity contribution >= 4 is 19.8 Å². The molecule has 0 aromatic rings. The lowest BCUT2D eigenvalue weighted by atomic mass is 10.0. The molecule has 0 aliphatic rings. The molecule has 0 aromatic carbocycles. The fourth-order valence-electron chi connectivity index (χ4n) is 6.03. The van der Waals surface area contributed by atoms with E-state index in [2.05, 4.69) is 62.5 Å². The van der Waals surface area contributed by atoms with E-state index in [0.29, 0.717) is 6.42 Å². The van der Waals surface area contributed by atoms with Gasteiger partial charge in [0.25, 0.3) is 0 Å². The molecule has 9 nitrogen and oxygen atoms in total. The van der Waals surface area contributed by atoms with Crippen molar-refractivity contribution in [2.24, 2.45) is 5.73 Å². The second kappa shape index (κ2) is 43.3. The van der Waals surface area contributed by atoms with Gasteiger partial charge in [-0.05, 0) is 51.4 Å². The number of ether oxygens (including phenoxy) is 2. The number of unbranched alkanes of at least 4 members (excludes halogenated alkanes) is 19. The second-order valence-electron chi connectivity index (χ2n) is 14.9. The quantitative estimate of drug-likeness (QED) is 0.0267. The highest BCUT2D eigenvalue weighted by atomic mass is 31.2. The van der Waals surface area contributed by atoms with Crippen LogP contribution in [0.1, 0.15) is 194 Å². The van der Waals surface area contributed by atoms with Gasteiger partial charge in [0.05, 0.1) is 13.2 Å². The van der Waals surface area contributed by atoms with Gasteiger partial charge in [0.1, 0.15) is 6.61 Å². The van der Waals surface area contributed by atoms with E-state index in [1.165, 1.54) is 116 Å². The third kappa shape index (κ3) is 43.1. The first-order valence-corrected chi connectivity index (χ1v) is 24.3. The lowest BCUT2D eigenvalue weighted by Crippen LogP contribution is -2.29. The molecule has 0 fully saturated rings. The summed E-state index contributed by atoms with van der Waals surface area (Å²) in [5.41, 5.74) is 5.35. The van der Waals surface area contributed by atoms with E-state index in [4.69, 9.17) is 24.3 Å². The monoisotopic (exact) mass is 822 g/mol. The maximum Gasteiger partial charge on any atom is 0.472 e. The van der Waals surface area contributed by atoms with Crippen LogP contribution >= 0.6 is 7.82 Å². The average Bonchev–Trinajstić information content (AvgIpc) is 3.20. The molecule has 10 heteroatoms. The summed E-state index contributed by atoms with van der Waals surface area (Å²) in [6, 6.07) is 0. The fourth-order valence-corrected chi connectivity index (χ4v) is 6.79. The van der Waals surface area contributed by atoms with Crippen molar-refractivity contribution in [1.82, 2.24) is 0 Å². The van der Waals surface area contributed by atoms with E-state index in [1.54, 1.807) is 0 Å². The molecule has 0 aliphatic carbocycles. The largest absolute Gasteiger partial charge is 0.472 e. The molecule has 0 bridgehead atoms. The predicted molar refractivity (Wildman–Crippen MR) is 238 cm³/mol. The zero-order valence-corrected chi connectivity index (χ0v) is 37.2. The van der Waals surface area contributed by atoms with Gasteiger partial charge in [0.2, 0.25) is 0 Å². The fraction of sp³-hybridized carbons (Fsp3) is 0.745. The first-order chi connectivity index (χ1) is 27.8. The Labute approximate surface area is 349 Å². The normalized spacial score (nSPS) is 13.8. The molecule has 0 saturated carbocycles. The second-order valence-corrected chi connectivity index (χ2v) is 16.4. The van der Waals surface area contributed by atoms with Crippen molar-refractivity contribution in [2.45, 2.75) is 200 Å². The van der Waals surface area contributed by atoms with Crippen LogP contribution in [0.2, 0.25) is 0 Å². The summed E-state index contributed by atoms with van der Waals surface area (Å²) >= 11 is 0. The summed E-state index contributed by atoms with van der Waals surface area (Å²) in [6.45, 7) is 3.63. The Kier molecular flexibility index (Phi) is 41.6. The number of carbonyl (C=O) groups is 2. The first kappa shape index (κ1) is 54.7. The lowest BCUT2D eigenvalue weighted by molar-refractivity contribution is -0.161. The number of hydrogen-bond acceptors (Lipinski definition) is 8. The van der Waals surface area contributed by atoms with Crippen molar-refractivity contribution in [3.63, 3.8) is 0 Å². The van der Waals surface area contributed by atoms with Gasteiger partial charge >= 0.3 is 19.8 Å². The Hall–Kier alpha value is -2.29. The summed E-state index contributed by atoms with van der Waals surface area (Å²) in [6.07, 6.45) is 51.2. The van der Waals surface area contributed by atoms with Gasteiger partial charge in [-0.2, -0.15) is 0 Å². The van der Waals surface area contributed by atoms with Crippen LogP contribution in [0.15, 0.2) is 60.8 Å². The van der Waals surface area contributed by atoms with E-state index >= 15 is 0 Å². The highest BCUT2D eigenvalue weighted by Gasteiger charge is 2.25. The standard InChI is InChI=1S/C47H84NO8P/c1-3-5-7-9-11-13-15-17-19-21-22-24-26-28-30-32-34-36-38-40-47(50)56-45(44-55-57(51,52)54-42-41-48)43-53-46(49)39-37-35-33-31-29-27-25-23-20-18-16-14-12-10-8-6-4-2/h11,13,17,19,22,24,28,30,34,36,45H,3-10,12,14-16,18,20-21,23,25-27,29,31-33,35,37-44,48H2,1-2H3,(H,51,52)/b13-11+,19-17+,24-22+,30-28+,36-34+/t45-/m1/s1. The number of rotatable bonds is 42. The molecule has 57 heavy (non-hydrogen) atoms. The van der Waals surface area contributed by atoms with Crippen LogP contribution in [-0.4, -0.2) is 49.3 Å². The average molecular weight is 822 g/mol. The molecule has 0 rings (SSSR count). The minimum atomic E-state index is -4.40. The van der Waals surface area contributed by atoms with Crippen LogP contribution in [0.3, 0.4) is 0 Å². The molecule has 3 N–H and O–H groups in total. The SMILES string of the molecule is CCCCC/C=C/C/C=C/C/C=C/C/C=C/C/C=C/CCC(=O)O[C@H](COC(=O)CCCCCCCCCCCCCCCCCCC)COP(=O)(O)OCCN. The highest BCUT2D eigenvalue weighted by Crippen LogP contribution is 2.43. The van der Waals surface area contributed by atoms with Gasteiger partial charge in [0.15, 0.2) is 6.10 Å². The molecule has 0 saturated heterocycles. The van der Waals surface area contributed by atoms with Crippen LogP contribution in [-0.2, 0) is 32.7 Å². The molecule has 0 spiro atoms. The Morgan fingerprint density at radius 3 is 1.42 bits per heavy atom. The third-order valence-corrected chi connectivity index (χ3v) is 10.4. The van der Waals surface area contributed by atoms with Crippen molar-refractivity contribution < 1.29 is 37.6 Å². The van der Waals surface area contributed by atoms with Gasteiger partial charge in [-0.3, -0.25) is 18.6 Å². The number of phosphoric ester groups is 1. The molecular formula is C47H84NO8P. The highest BCUT2D eigenvalue weighted by molar-refractivity contribution is 7.47. The minimum Gasteiger partial charge on any atom is -0.462 e. The number of esters is 2. The summed E-state index contributed by atoms with van der Waals surface area (Å²) in [5.74, 6) is -0.922. The molecule has 0 amide bonds. The van der Waals surface area contributed by atoms with E-state index in [9.17, 15) is 19.0 Å². The van der Waals surface area contributed by atoms with Gasteiger partial charge in [0, 0.05) is 19.4 Å². The molecule has 2 atom stereocenters. The van der Waals surface area contributed by atoms with E-state index in [-0.39, 0.29) is 32.6 Å². The predicted octanol–water partition coefficient (Wildman–Crippen LogP) is 13.3. The summed E-state index contributed by atoms with van der Waals surface area (Å²) in [7, 11) is -4.40. The number of phosphoric acid groups is 1. The van der Waals surface area contributed by atoms with Crippen LogP contribution in [0.5, 0.6) is 0 Å². The molecule has 0 radical (unpaired) electrons. The Morgan fingerprint density at radius 1 is 0.526 bits per heavy atom. The number of hydrogen-bond donors (Lipinski definition) is 2. The van der Waals surface area contributed by atoms with Gasteiger partial charge in [-0.15, -0.1) is 0 Å². The molecular weight excluding hydrogens is 737 g/mol. The zero-order valence-electron chi connectivity index (χ0n) is 36.3. The first-order valence-electron chi connectivity index (χ1n) is 22.8. The van der Waals surface area contributed by atoms with Crippen LogP contribution in [0.25, 0.3) is 0 Å². The number of carbonyl (C=O) groups excluding carboxylic acids is 2. The van der Waals surface area contributed by atoms with E-state index < -0.39 is 32.5 Å². The van der Waals surface area contributed by atoms with Crippen molar-refractivity contribution in [3.05, 3.63) is 60.8 Å². The molecule has 0 heterocycles. The maximum atomic E-state index is 12.6. The lowest BCUT2D eigenvalue weighted by Gasteiger charge is -2.19. The zero-order chi connectivity index (χ0) is 41.8. The van der Waals surface area contributed by atoms with Gasteiger partial charge < -0.3 is 20.1 Å². The van der Waals surface area contributed by atoms with Crippen molar-refractivity contribution in [2.75, 3.05) is 26.4 Å². The minimum absolute atomic E-state index is 0.0409. The van der Waals surface area contributed by atoms with Crippen LogP contribution in [0.4, 0.5) is 0 Å². The maximum absolute atomic E-state index is 12.6. The Balaban J connectivity index is 4.24. The summed E-state index contributed by atoms with van der Waals surface area (Å²) in [5, 5.41) is 0. The van der Waals surface area contributed by atoms with E-state index in [0.717, 1.165) is 44.9 Å². The Bertz CT molecular complexity index is 1120.